The number of nitrogens with zero attached hydrogens (tertiary/aromatic N) is 1. The molecule has 1 aliphatic heterocycles. The molecule has 0 bridgehead atoms. The van der Waals surface area contributed by atoms with Gasteiger partial charge in [0.2, 0.25) is 0 Å². The first kappa shape index (κ1) is 17.1. The van der Waals surface area contributed by atoms with Crippen molar-refractivity contribution in [3.05, 3.63) is 35.9 Å². The minimum Gasteiger partial charge on any atom is -0.543 e. The molecule has 2 rings (SSSR count). The van der Waals surface area contributed by atoms with Gasteiger partial charge in [-0.2, -0.15) is 0 Å². The van der Waals surface area contributed by atoms with Crippen molar-refractivity contribution in [2.75, 3.05) is 13.1 Å². The van der Waals surface area contributed by atoms with Gasteiger partial charge in [0.15, 0.2) is 0 Å². The standard InChI is InChI=1S/C18H28BNO2/c1-2-3-9-17(18(21)22-19)16-10-12-20(13-11-16)14-15-7-5-4-6-8-15/h4-8,16-17H,2-3,9-14,19H2,1H3. The quantitative estimate of drug-likeness (QED) is 0.725. The number of rotatable bonds is 7. The smallest absolute Gasteiger partial charge is 0.325 e. The van der Waals surface area contributed by atoms with Crippen LogP contribution in [0.15, 0.2) is 30.3 Å². The molecular weight excluding hydrogens is 273 g/mol. The van der Waals surface area contributed by atoms with Crippen LogP contribution in [-0.4, -0.2) is 32.0 Å². The van der Waals surface area contributed by atoms with Crippen LogP contribution >= 0.6 is 0 Å². The van der Waals surface area contributed by atoms with E-state index in [1.54, 1.807) is 0 Å². The molecule has 0 aromatic heterocycles. The number of hydrogen-bond acceptors (Lipinski definition) is 3. The molecule has 0 spiro atoms. The van der Waals surface area contributed by atoms with Gasteiger partial charge in [-0.25, -0.2) is 0 Å². The largest absolute Gasteiger partial charge is 0.543 e. The predicted octanol–water partition coefficient (Wildman–Crippen LogP) is 2.80. The highest BCUT2D eigenvalue weighted by atomic mass is 16.5. The van der Waals surface area contributed by atoms with Gasteiger partial charge < -0.3 is 4.65 Å². The van der Waals surface area contributed by atoms with Crippen molar-refractivity contribution in [1.29, 1.82) is 0 Å². The number of carbonyl (C=O) groups excluding carboxylic acids is 1. The van der Waals surface area contributed by atoms with E-state index in [0.29, 0.717) is 5.92 Å². The van der Waals surface area contributed by atoms with Gasteiger partial charge in [0, 0.05) is 6.54 Å². The van der Waals surface area contributed by atoms with E-state index in [9.17, 15) is 4.79 Å². The van der Waals surface area contributed by atoms with Crippen LogP contribution in [0.1, 0.15) is 44.6 Å². The normalized spacial score (nSPS) is 18.0. The molecule has 22 heavy (non-hydrogen) atoms. The molecule has 1 atom stereocenters. The highest BCUT2D eigenvalue weighted by Gasteiger charge is 2.31. The molecule has 0 amide bonds. The Bertz CT molecular complexity index is 444. The lowest BCUT2D eigenvalue weighted by atomic mass is 9.81. The Morgan fingerprint density at radius 1 is 1.32 bits per heavy atom. The number of unbranched alkanes of at least 4 members (excludes halogenated alkanes) is 1. The Hall–Kier alpha value is -1.29. The van der Waals surface area contributed by atoms with Gasteiger partial charge in [-0.1, -0.05) is 50.1 Å². The van der Waals surface area contributed by atoms with Crippen molar-refractivity contribution in [3.8, 4) is 0 Å². The van der Waals surface area contributed by atoms with Crippen LogP contribution in [0, 0.1) is 11.8 Å². The summed E-state index contributed by atoms with van der Waals surface area (Å²) in [7, 11) is 1.52. The summed E-state index contributed by atoms with van der Waals surface area (Å²) in [5, 5.41) is 0. The van der Waals surface area contributed by atoms with Crippen molar-refractivity contribution in [3.63, 3.8) is 0 Å². The summed E-state index contributed by atoms with van der Waals surface area (Å²) in [6.07, 6.45) is 5.45. The summed E-state index contributed by atoms with van der Waals surface area (Å²) in [6, 6.07) is 10.6. The summed E-state index contributed by atoms with van der Waals surface area (Å²) < 4.78 is 5.03. The fourth-order valence-electron chi connectivity index (χ4n) is 3.48. The molecule has 0 N–H and O–H groups in total. The molecule has 0 aliphatic carbocycles. The van der Waals surface area contributed by atoms with Crippen LogP contribution in [-0.2, 0) is 16.0 Å². The van der Waals surface area contributed by atoms with E-state index in [0.717, 1.165) is 51.7 Å². The van der Waals surface area contributed by atoms with Crippen molar-refractivity contribution >= 4 is 14.0 Å². The third-order valence-electron chi connectivity index (χ3n) is 4.82. The van der Waals surface area contributed by atoms with E-state index in [4.69, 9.17) is 4.65 Å². The second-order valence-corrected chi connectivity index (χ2v) is 6.37. The van der Waals surface area contributed by atoms with Crippen molar-refractivity contribution < 1.29 is 9.45 Å². The molecule has 0 saturated carbocycles. The third-order valence-corrected chi connectivity index (χ3v) is 4.82. The molecule has 1 aromatic rings. The zero-order valence-electron chi connectivity index (χ0n) is 14.0. The Morgan fingerprint density at radius 2 is 2.00 bits per heavy atom. The molecule has 1 aliphatic rings. The fraction of sp³-hybridized carbons (Fsp3) is 0.611. The highest BCUT2D eigenvalue weighted by molar-refractivity contribution is 6.05. The lowest BCUT2D eigenvalue weighted by Gasteiger charge is -2.35. The molecule has 1 aromatic carbocycles. The van der Waals surface area contributed by atoms with E-state index < -0.39 is 0 Å². The Kier molecular flexibility index (Phi) is 6.98. The van der Waals surface area contributed by atoms with Gasteiger partial charge in [-0.15, -0.1) is 0 Å². The SMILES string of the molecule is BOC(=O)C(CCCC)C1CCN(Cc2ccccc2)CC1. The maximum Gasteiger partial charge on any atom is 0.325 e. The van der Waals surface area contributed by atoms with Crippen molar-refractivity contribution in [2.45, 2.75) is 45.6 Å². The maximum atomic E-state index is 12.1. The molecule has 1 saturated heterocycles. The number of benzene rings is 1. The van der Waals surface area contributed by atoms with Gasteiger partial charge in [0.25, 0.3) is 5.97 Å². The summed E-state index contributed by atoms with van der Waals surface area (Å²) in [5.74, 6) is 0.588. The van der Waals surface area contributed by atoms with E-state index in [1.165, 1.54) is 13.6 Å². The zero-order chi connectivity index (χ0) is 15.8. The Balaban J connectivity index is 1.85. The number of likely N-dealkylation sites (tertiary alicyclic amines) is 1. The highest BCUT2D eigenvalue weighted by Crippen LogP contribution is 2.30. The minimum atomic E-state index is -0.00467. The van der Waals surface area contributed by atoms with E-state index in [-0.39, 0.29) is 11.9 Å². The molecule has 4 heteroatoms. The van der Waals surface area contributed by atoms with Crippen LogP contribution in [0.25, 0.3) is 0 Å². The van der Waals surface area contributed by atoms with Gasteiger partial charge in [-0.05, 0) is 43.8 Å². The lowest BCUT2D eigenvalue weighted by Crippen LogP contribution is -2.38. The molecular formula is C18H28BNO2. The van der Waals surface area contributed by atoms with Gasteiger partial charge >= 0.3 is 8.05 Å². The second kappa shape index (κ2) is 8.99. The number of piperidine rings is 1. The first-order valence-corrected chi connectivity index (χ1v) is 8.58. The van der Waals surface area contributed by atoms with E-state index >= 15 is 0 Å². The van der Waals surface area contributed by atoms with Gasteiger partial charge in [-0.3, -0.25) is 9.69 Å². The van der Waals surface area contributed by atoms with Crippen molar-refractivity contribution in [2.24, 2.45) is 11.8 Å². The van der Waals surface area contributed by atoms with Crippen LogP contribution < -0.4 is 0 Å². The summed E-state index contributed by atoms with van der Waals surface area (Å²) in [4.78, 5) is 14.6. The summed E-state index contributed by atoms with van der Waals surface area (Å²) >= 11 is 0. The molecule has 0 radical (unpaired) electrons. The minimum absolute atomic E-state index is 0.00467. The van der Waals surface area contributed by atoms with Crippen LogP contribution in [0.5, 0.6) is 0 Å². The average Bonchev–Trinajstić information content (AvgIpc) is 2.57. The average molecular weight is 301 g/mol. The second-order valence-electron chi connectivity index (χ2n) is 6.37. The van der Waals surface area contributed by atoms with Crippen LogP contribution in [0.3, 0.4) is 0 Å². The summed E-state index contributed by atoms with van der Waals surface area (Å²) in [5.41, 5.74) is 1.37. The molecule has 1 heterocycles. The van der Waals surface area contributed by atoms with E-state index in [1.807, 2.05) is 0 Å². The summed E-state index contributed by atoms with van der Waals surface area (Å²) in [6.45, 7) is 5.36. The van der Waals surface area contributed by atoms with E-state index in [2.05, 4.69) is 42.2 Å². The van der Waals surface area contributed by atoms with Crippen molar-refractivity contribution in [1.82, 2.24) is 4.90 Å². The molecule has 120 valence electrons. The van der Waals surface area contributed by atoms with Crippen LogP contribution in [0.4, 0.5) is 0 Å². The predicted molar refractivity (Wildman–Crippen MR) is 92.1 cm³/mol. The van der Waals surface area contributed by atoms with Gasteiger partial charge in [0.05, 0.1) is 5.92 Å². The maximum absolute atomic E-state index is 12.1. The monoisotopic (exact) mass is 301 g/mol. The lowest BCUT2D eigenvalue weighted by molar-refractivity contribution is -0.141. The first-order valence-electron chi connectivity index (χ1n) is 8.58. The fourth-order valence-corrected chi connectivity index (χ4v) is 3.48. The Labute approximate surface area is 135 Å². The van der Waals surface area contributed by atoms with Gasteiger partial charge in [0.1, 0.15) is 0 Å². The first-order chi connectivity index (χ1) is 10.7. The zero-order valence-corrected chi connectivity index (χ0v) is 14.0. The number of carbonyl (C=O) groups is 1. The topological polar surface area (TPSA) is 29.5 Å². The molecule has 3 nitrogen and oxygen atoms in total. The molecule has 1 fully saturated rings. The Morgan fingerprint density at radius 3 is 2.59 bits per heavy atom. The molecule has 1 unspecified atom stereocenters. The third kappa shape index (κ3) is 4.87. The number of hydrogen-bond donors (Lipinski definition) is 0. The van der Waals surface area contributed by atoms with Crippen LogP contribution in [0.2, 0.25) is 0 Å².